The van der Waals surface area contributed by atoms with Crippen molar-refractivity contribution >= 4 is 39.2 Å². The number of nitrogens with one attached hydrogen (secondary N) is 1. The first-order valence-electron chi connectivity index (χ1n) is 7.81. The molecule has 4 rings (SSSR count). The van der Waals surface area contributed by atoms with Crippen LogP contribution in [0.3, 0.4) is 0 Å². The third-order valence-corrected chi connectivity index (χ3v) is 4.69. The fraction of sp³-hybridized carbons (Fsp3) is 0. The first-order chi connectivity index (χ1) is 12.7. The van der Waals surface area contributed by atoms with Gasteiger partial charge in [-0.2, -0.15) is 0 Å². The number of carbonyl (C=O) groups excluding carboxylic acids is 1. The average molecular weight is 364 g/mol. The summed E-state index contributed by atoms with van der Waals surface area (Å²) in [5.74, 6) is -0.796. The molecule has 0 atom stereocenters. The fourth-order valence-electron chi connectivity index (χ4n) is 2.49. The van der Waals surface area contributed by atoms with Crippen LogP contribution in [0.15, 0.2) is 67.3 Å². The Morgan fingerprint density at radius 1 is 1.23 bits per heavy atom. The Morgan fingerprint density at radius 3 is 2.88 bits per heavy atom. The van der Waals surface area contributed by atoms with Gasteiger partial charge in [0.1, 0.15) is 10.8 Å². The molecule has 1 N–H and O–H groups in total. The number of hydrogen-bond donors (Lipinski definition) is 1. The van der Waals surface area contributed by atoms with E-state index in [1.165, 1.54) is 29.8 Å². The number of carbonyl (C=O) groups is 1. The van der Waals surface area contributed by atoms with Crippen molar-refractivity contribution in [2.45, 2.75) is 0 Å². The molecule has 0 bridgehead atoms. The number of imidazole rings is 1. The lowest BCUT2D eigenvalue weighted by molar-refractivity contribution is -0.111. The van der Waals surface area contributed by atoms with E-state index in [2.05, 4.69) is 15.3 Å². The number of anilines is 1. The number of aromatic nitrogens is 3. The second kappa shape index (κ2) is 6.89. The van der Waals surface area contributed by atoms with Crippen LogP contribution in [-0.4, -0.2) is 20.4 Å². The van der Waals surface area contributed by atoms with Gasteiger partial charge in [-0.15, -0.1) is 11.3 Å². The Hall–Kier alpha value is -3.32. The summed E-state index contributed by atoms with van der Waals surface area (Å²) in [6.45, 7) is 0. The predicted octanol–water partition coefficient (Wildman–Crippen LogP) is 4.27. The van der Waals surface area contributed by atoms with Crippen LogP contribution in [-0.2, 0) is 4.79 Å². The van der Waals surface area contributed by atoms with E-state index in [0.717, 1.165) is 15.2 Å². The van der Waals surface area contributed by atoms with E-state index < -0.39 is 5.82 Å². The molecule has 0 unspecified atom stereocenters. The van der Waals surface area contributed by atoms with Crippen LogP contribution >= 0.6 is 11.3 Å². The summed E-state index contributed by atoms with van der Waals surface area (Å²) in [5.41, 5.74) is 1.64. The molecule has 0 saturated carbocycles. The van der Waals surface area contributed by atoms with Crippen LogP contribution in [0.5, 0.6) is 0 Å². The Labute approximate surface area is 152 Å². The minimum Gasteiger partial charge on any atom is -0.322 e. The summed E-state index contributed by atoms with van der Waals surface area (Å²) in [6.07, 6.45) is 7.77. The van der Waals surface area contributed by atoms with Gasteiger partial charge in [-0.1, -0.05) is 12.1 Å². The molecule has 0 spiro atoms. The molecule has 4 aromatic rings. The smallest absolute Gasteiger partial charge is 0.248 e. The number of nitrogens with zero attached hydrogens (tertiary/aromatic N) is 3. The van der Waals surface area contributed by atoms with E-state index in [1.54, 1.807) is 35.2 Å². The van der Waals surface area contributed by atoms with E-state index in [-0.39, 0.29) is 5.91 Å². The van der Waals surface area contributed by atoms with Gasteiger partial charge in [0.15, 0.2) is 0 Å². The molecule has 128 valence electrons. The number of halogens is 1. The molecule has 0 fully saturated rings. The summed E-state index contributed by atoms with van der Waals surface area (Å²) >= 11 is 1.50. The fourth-order valence-corrected chi connectivity index (χ4v) is 3.36. The van der Waals surface area contributed by atoms with Gasteiger partial charge in [0.25, 0.3) is 0 Å². The van der Waals surface area contributed by atoms with Crippen LogP contribution < -0.4 is 5.32 Å². The topological polar surface area (TPSA) is 59.8 Å². The molecule has 0 aliphatic heterocycles. The minimum atomic E-state index is -0.448. The molecule has 2 aromatic carbocycles. The number of thiazole rings is 1. The van der Waals surface area contributed by atoms with Crippen molar-refractivity contribution in [2.24, 2.45) is 0 Å². The lowest BCUT2D eigenvalue weighted by Crippen LogP contribution is -2.08. The first-order valence-corrected chi connectivity index (χ1v) is 8.63. The zero-order valence-corrected chi connectivity index (χ0v) is 14.3. The highest BCUT2D eigenvalue weighted by Gasteiger charge is 2.07. The highest BCUT2D eigenvalue weighted by molar-refractivity contribution is 7.19. The third-order valence-electron chi connectivity index (χ3n) is 3.69. The SMILES string of the molecule is O=C(/C=C/c1nc2ccccc2s1)Nc1ccc(-n2ccnc2)c(F)c1. The number of hydrogen-bond acceptors (Lipinski definition) is 4. The second-order valence-corrected chi connectivity index (χ2v) is 6.54. The molecule has 5 nitrogen and oxygen atoms in total. The van der Waals surface area contributed by atoms with Gasteiger partial charge in [-0.25, -0.2) is 14.4 Å². The Morgan fingerprint density at radius 2 is 2.12 bits per heavy atom. The molecule has 0 aliphatic rings. The standard InChI is InChI=1S/C19H13FN4OS/c20-14-11-13(5-6-16(14)24-10-9-21-12-24)22-18(25)7-8-19-23-15-3-1-2-4-17(15)26-19/h1-12H,(H,22,25)/b8-7+. The van der Waals surface area contributed by atoms with Crippen LogP contribution in [0, 0.1) is 5.82 Å². The van der Waals surface area contributed by atoms with Crippen molar-refractivity contribution in [2.75, 3.05) is 5.32 Å². The van der Waals surface area contributed by atoms with Gasteiger partial charge in [-0.05, 0) is 36.4 Å². The summed E-state index contributed by atoms with van der Waals surface area (Å²) < 4.78 is 16.8. The third kappa shape index (κ3) is 3.38. The highest BCUT2D eigenvalue weighted by Crippen LogP contribution is 2.22. The maximum atomic E-state index is 14.2. The van der Waals surface area contributed by atoms with Crippen molar-refractivity contribution in [1.29, 1.82) is 0 Å². The van der Waals surface area contributed by atoms with Crippen LogP contribution in [0.25, 0.3) is 22.0 Å². The van der Waals surface area contributed by atoms with Crippen molar-refractivity contribution in [3.8, 4) is 5.69 Å². The molecular weight excluding hydrogens is 351 g/mol. The predicted molar refractivity (Wildman–Crippen MR) is 101 cm³/mol. The molecule has 7 heteroatoms. The Kier molecular flexibility index (Phi) is 4.28. The number of para-hydroxylation sites is 1. The van der Waals surface area contributed by atoms with E-state index in [4.69, 9.17) is 0 Å². The zero-order valence-electron chi connectivity index (χ0n) is 13.5. The molecule has 0 aliphatic carbocycles. The largest absolute Gasteiger partial charge is 0.322 e. The second-order valence-electron chi connectivity index (χ2n) is 5.48. The maximum absolute atomic E-state index is 14.2. The van der Waals surface area contributed by atoms with Gasteiger partial charge in [0.2, 0.25) is 5.91 Å². The average Bonchev–Trinajstić information content (AvgIpc) is 3.29. The van der Waals surface area contributed by atoms with Crippen LogP contribution in [0.1, 0.15) is 5.01 Å². The van der Waals surface area contributed by atoms with E-state index in [0.29, 0.717) is 11.4 Å². The van der Waals surface area contributed by atoms with E-state index in [1.807, 2.05) is 24.3 Å². The molecule has 2 heterocycles. The number of rotatable bonds is 4. The minimum absolute atomic E-state index is 0.348. The maximum Gasteiger partial charge on any atom is 0.248 e. The molecule has 2 aromatic heterocycles. The molecule has 0 saturated heterocycles. The summed E-state index contributed by atoms with van der Waals surface area (Å²) in [6, 6.07) is 12.3. The monoisotopic (exact) mass is 364 g/mol. The van der Waals surface area contributed by atoms with Crippen LogP contribution in [0.4, 0.5) is 10.1 Å². The first kappa shape index (κ1) is 16.2. The van der Waals surface area contributed by atoms with Crippen molar-refractivity contribution in [3.63, 3.8) is 0 Å². The lowest BCUT2D eigenvalue weighted by Gasteiger charge is -2.07. The van der Waals surface area contributed by atoms with Crippen molar-refractivity contribution in [3.05, 3.63) is 78.1 Å². The Balaban J connectivity index is 1.46. The quantitative estimate of drug-likeness (QED) is 0.550. The van der Waals surface area contributed by atoms with E-state index in [9.17, 15) is 9.18 Å². The number of benzene rings is 2. The molecule has 1 amide bonds. The van der Waals surface area contributed by atoms with Crippen molar-refractivity contribution in [1.82, 2.24) is 14.5 Å². The zero-order chi connectivity index (χ0) is 17.9. The number of amides is 1. The van der Waals surface area contributed by atoms with E-state index >= 15 is 0 Å². The summed E-state index contributed by atoms with van der Waals surface area (Å²) in [4.78, 5) is 20.4. The summed E-state index contributed by atoms with van der Waals surface area (Å²) in [5, 5.41) is 3.38. The van der Waals surface area contributed by atoms with Crippen LogP contribution in [0.2, 0.25) is 0 Å². The summed E-state index contributed by atoms with van der Waals surface area (Å²) in [7, 11) is 0. The highest BCUT2D eigenvalue weighted by atomic mass is 32.1. The van der Waals surface area contributed by atoms with Gasteiger partial charge in [-0.3, -0.25) is 4.79 Å². The number of fused-ring (bicyclic) bond motifs is 1. The molecule has 26 heavy (non-hydrogen) atoms. The van der Waals surface area contributed by atoms with Gasteiger partial charge in [0.05, 0.1) is 22.2 Å². The normalized spacial score (nSPS) is 11.3. The van der Waals surface area contributed by atoms with Crippen molar-refractivity contribution < 1.29 is 9.18 Å². The van der Waals surface area contributed by atoms with Gasteiger partial charge >= 0.3 is 0 Å². The Bertz CT molecular complexity index is 1070. The molecular formula is C19H13FN4OS. The van der Waals surface area contributed by atoms with Gasteiger partial charge in [0, 0.05) is 24.2 Å². The lowest BCUT2D eigenvalue weighted by atomic mass is 10.2. The van der Waals surface area contributed by atoms with Gasteiger partial charge < -0.3 is 9.88 Å². The molecule has 0 radical (unpaired) electrons.